The molecule has 3 unspecified atom stereocenters. The Morgan fingerprint density at radius 1 is 1.17 bits per heavy atom. The third-order valence-electron chi connectivity index (χ3n) is 3.93. The molecular formula is C21H32ClNO7. The van der Waals surface area contributed by atoms with E-state index in [2.05, 4.69) is 17.5 Å². The molecule has 0 aromatic carbocycles. The molecule has 1 rings (SSSR count). The van der Waals surface area contributed by atoms with Crippen LogP contribution in [0.3, 0.4) is 0 Å². The molecule has 0 N–H and O–H groups in total. The van der Waals surface area contributed by atoms with Gasteiger partial charge in [0.2, 0.25) is 5.24 Å². The van der Waals surface area contributed by atoms with E-state index in [1.165, 1.54) is 20.8 Å². The number of carbonyl (C=O) groups is 4. The number of likely N-dealkylation sites (tertiary alicyclic amines) is 1. The minimum atomic E-state index is -0.613. The highest BCUT2D eigenvalue weighted by atomic mass is 35.5. The van der Waals surface area contributed by atoms with E-state index in [-0.39, 0.29) is 17.7 Å². The van der Waals surface area contributed by atoms with Crippen LogP contribution in [0.2, 0.25) is 0 Å². The maximum absolute atomic E-state index is 12.4. The Hall–Kier alpha value is -2.27. The SMILES string of the molecule is C#CCCC(OC(C)=O)C1CN(C(=O)OC(C)(C)C)CCC1OC(C)=O.CC(=O)Cl. The molecule has 0 aromatic heterocycles. The molecule has 8 nitrogen and oxygen atoms in total. The van der Waals surface area contributed by atoms with Gasteiger partial charge < -0.3 is 19.1 Å². The minimum Gasteiger partial charge on any atom is -0.462 e. The smallest absolute Gasteiger partial charge is 0.410 e. The van der Waals surface area contributed by atoms with Gasteiger partial charge in [0.05, 0.1) is 5.92 Å². The summed E-state index contributed by atoms with van der Waals surface area (Å²) in [7, 11) is 0. The number of rotatable bonds is 5. The fraction of sp³-hybridized carbons (Fsp3) is 0.714. The number of halogens is 1. The van der Waals surface area contributed by atoms with Crippen LogP contribution in [0, 0.1) is 18.3 Å². The molecule has 0 spiro atoms. The first kappa shape index (κ1) is 27.7. The van der Waals surface area contributed by atoms with E-state index in [1.807, 2.05) is 0 Å². The van der Waals surface area contributed by atoms with Gasteiger partial charge in [0, 0.05) is 46.7 Å². The van der Waals surface area contributed by atoms with E-state index in [0.717, 1.165) is 0 Å². The van der Waals surface area contributed by atoms with Crippen LogP contribution in [0.25, 0.3) is 0 Å². The molecule has 170 valence electrons. The lowest BCUT2D eigenvalue weighted by Crippen LogP contribution is -2.52. The Labute approximate surface area is 183 Å². The highest BCUT2D eigenvalue weighted by molar-refractivity contribution is 6.62. The lowest BCUT2D eigenvalue weighted by atomic mass is 9.87. The molecule has 0 radical (unpaired) electrons. The number of esters is 2. The molecule has 1 saturated heterocycles. The normalized spacial score (nSPS) is 19.3. The fourth-order valence-corrected chi connectivity index (χ4v) is 2.97. The van der Waals surface area contributed by atoms with Crippen molar-refractivity contribution in [3.05, 3.63) is 0 Å². The van der Waals surface area contributed by atoms with Crippen molar-refractivity contribution in [1.29, 1.82) is 0 Å². The van der Waals surface area contributed by atoms with Crippen LogP contribution in [-0.2, 0) is 28.6 Å². The Bertz CT molecular complexity index is 647. The Morgan fingerprint density at radius 2 is 1.73 bits per heavy atom. The van der Waals surface area contributed by atoms with E-state index < -0.39 is 35.8 Å². The van der Waals surface area contributed by atoms with E-state index in [9.17, 15) is 19.2 Å². The van der Waals surface area contributed by atoms with Crippen molar-refractivity contribution in [2.45, 2.75) is 78.6 Å². The highest BCUT2D eigenvalue weighted by Crippen LogP contribution is 2.29. The molecule has 0 bridgehead atoms. The van der Waals surface area contributed by atoms with Crippen molar-refractivity contribution in [1.82, 2.24) is 4.90 Å². The molecular weight excluding hydrogens is 414 g/mol. The number of hydrogen-bond acceptors (Lipinski definition) is 7. The van der Waals surface area contributed by atoms with E-state index in [1.54, 1.807) is 25.7 Å². The van der Waals surface area contributed by atoms with Gasteiger partial charge in [-0.3, -0.25) is 14.4 Å². The average Bonchev–Trinajstić information content (AvgIpc) is 2.56. The monoisotopic (exact) mass is 445 g/mol. The summed E-state index contributed by atoms with van der Waals surface area (Å²) in [4.78, 5) is 46.1. The van der Waals surface area contributed by atoms with Crippen molar-refractivity contribution in [2.75, 3.05) is 13.1 Å². The molecule has 9 heteroatoms. The molecule has 3 atom stereocenters. The third-order valence-corrected chi connectivity index (χ3v) is 3.93. The van der Waals surface area contributed by atoms with Gasteiger partial charge in [-0.25, -0.2) is 4.79 Å². The summed E-state index contributed by atoms with van der Waals surface area (Å²) in [5.41, 5.74) is -0.613. The second-order valence-corrected chi connectivity index (χ2v) is 8.42. The van der Waals surface area contributed by atoms with Gasteiger partial charge in [-0.2, -0.15) is 0 Å². The first-order valence-corrected chi connectivity index (χ1v) is 10.1. The predicted molar refractivity (Wildman–Crippen MR) is 112 cm³/mol. The molecule has 1 fully saturated rings. The summed E-state index contributed by atoms with van der Waals surface area (Å²) in [5.74, 6) is 1.31. The lowest BCUT2D eigenvalue weighted by molar-refractivity contribution is -0.163. The van der Waals surface area contributed by atoms with Gasteiger partial charge in [-0.15, -0.1) is 12.3 Å². The van der Waals surface area contributed by atoms with Gasteiger partial charge in [-0.05, 0) is 38.8 Å². The van der Waals surface area contributed by atoms with Crippen LogP contribution in [0.4, 0.5) is 4.79 Å². The van der Waals surface area contributed by atoms with Crippen LogP contribution in [0.5, 0.6) is 0 Å². The Balaban J connectivity index is 0.00000192. The largest absolute Gasteiger partial charge is 0.462 e. The van der Waals surface area contributed by atoms with Gasteiger partial charge in [0.25, 0.3) is 0 Å². The summed E-state index contributed by atoms with van der Waals surface area (Å²) in [6, 6.07) is 0. The van der Waals surface area contributed by atoms with E-state index in [0.29, 0.717) is 25.8 Å². The molecule has 1 heterocycles. The van der Waals surface area contributed by atoms with Crippen molar-refractivity contribution in [3.8, 4) is 12.3 Å². The van der Waals surface area contributed by atoms with Crippen LogP contribution in [-0.4, -0.2) is 59.1 Å². The summed E-state index contributed by atoms with van der Waals surface area (Å²) >= 11 is 4.64. The van der Waals surface area contributed by atoms with Gasteiger partial charge in [0.15, 0.2) is 0 Å². The molecule has 0 aliphatic carbocycles. The first-order chi connectivity index (χ1) is 13.8. The predicted octanol–water partition coefficient (Wildman–Crippen LogP) is 3.29. The minimum absolute atomic E-state index is 0.259. The zero-order valence-corrected chi connectivity index (χ0v) is 19.3. The van der Waals surface area contributed by atoms with Crippen LogP contribution in [0.1, 0.15) is 60.8 Å². The standard InChI is InChI=1S/C19H29NO6.C2H3ClO/c1-7-8-9-16(24-13(2)21)15-12-20(18(23)26-19(4,5)6)11-10-17(15)25-14(3)22;1-2(3)4/h1,15-17H,8-12H2,2-6H3;1H3. The number of nitrogens with zero attached hydrogens (tertiary/aromatic N) is 1. The lowest BCUT2D eigenvalue weighted by Gasteiger charge is -2.41. The Kier molecular flexibility index (Phi) is 12.1. The van der Waals surface area contributed by atoms with Crippen molar-refractivity contribution in [2.24, 2.45) is 5.92 Å². The number of hydrogen-bond donors (Lipinski definition) is 0. The van der Waals surface area contributed by atoms with Crippen molar-refractivity contribution in [3.63, 3.8) is 0 Å². The summed E-state index contributed by atoms with van der Waals surface area (Å²) < 4.78 is 16.3. The van der Waals surface area contributed by atoms with E-state index >= 15 is 0 Å². The van der Waals surface area contributed by atoms with Gasteiger partial charge in [-0.1, -0.05) is 0 Å². The topological polar surface area (TPSA) is 99.2 Å². The maximum Gasteiger partial charge on any atom is 0.410 e. The Morgan fingerprint density at radius 3 is 2.17 bits per heavy atom. The first-order valence-electron chi connectivity index (χ1n) is 9.68. The average molecular weight is 446 g/mol. The number of amides is 1. The number of terminal acetylenes is 1. The van der Waals surface area contributed by atoms with Crippen LogP contribution < -0.4 is 0 Å². The molecule has 1 amide bonds. The number of carbonyl (C=O) groups excluding carboxylic acids is 4. The molecule has 1 aliphatic heterocycles. The van der Waals surface area contributed by atoms with E-state index in [4.69, 9.17) is 20.6 Å². The summed E-state index contributed by atoms with van der Waals surface area (Å²) in [6.45, 7) is 9.98. The maximum atomic E-state index is 12.4. The highest BCUT2D eigenvalue weighted by Gasteiger charge is 2.40. The third kappa shape index (κ3) is 12.3. The molecule has 0 saturated carbocycles. The molecule has 30 heavy (non-hydrogen) atoms. The zero-order valence-electron chi connectivity index (χ0n) is 18.5. The van der Waals surface area contributed by atoms with Crippen LogP contribution >= 0.6 is 11.6 Å². The summed E-state index contributed by atoms with van der Waals surface area (Å²) in [6.07, 6.45) is 5.18. The molecule has 1 aliphatic rings. The van der Waals surface area contributed by atoms with Gasteiger partial charge in [0.1, 0.15) is 17.8 Å². The van der Waals surface area contributed by atoms with Crippen molar-refractivity contribution < 1.29 is 33.4 Å². The zero-order chi connectivity index (χ0) is 23.5. The fourth-order valence-electron chi connectivity index (χ4n) is 2.97. The quantitative estimate of drug-likeness (QED) is 0.277. The van der Waals surface area contributed by atoms with Crippen molar-refractivity contribution >= 4 is 34.9 Å². The number of ether oxygens (including phenoxy) is 3. The second-order valence-electron chi connectivity index (χ2n) is 7.89. The number of piperidine rings is 1. The molecule has 0 aromatic rings. The summed E-state index contributed by atoms with van der Waals surface area (Å²) in [5, 5.41) is -0.361. The van der Waals surface area contributed by atoms with Crippen LogP contribution in [0.15, 0.2) is 0 Å². The van der Waals surface area contributed by atoms with Gasteiger partial charge >= 0.3 is 18.0 Å². The second kappa shape index (κ2) is 13.1.